The van der Waals surface area contributed by atoms with E-state index in [0.29, 0.717) is 13.2 Å². The summed E-state index contributed by atoms with van der Waals surface area (Å²) in [6.45, 7) is 12.7. The van der Waals surface area contributed by atoms with Crippen LogP contribution in [0.1, 0.15) is 31.2 Å². The summed E-state index contributed by atoms with van der Waals surface area (Å²) >= 11 is 1.70. The Morgan fingerprint density at radius 1 is 1.00 bits per heavy atom. The number of likely N-dealkylation sites (N-methyl/N-ethyl adjacent to an activating group) is 1. The fraction of sp³-hybridized carbons (Fsp3) is 0.500. The molecule has 0 amide bonds. The molecule has 0 bridgehead atoms. The summed E-state index contributed by atoms with van der Waals surface area (Å²) in [6.07, 6.45) is 0. The van der Waals surface area contributed by atoms with E-state index in [0.717, 1.165) is 44.2 Å². The number of hydrogen-bond donors (Lipinski definition) is 1. The minimum absolute atomic E-state index is 0. The number of hydrogen-bond acceptors (Lipinski definition) is 5. The van der Waals surface area contributed by atoms with Crippen LogP contribution in [-0.4, -0.2) is 37.7 Å². The summed E-state index contributed by atoms with van der Waals surface area (Å²) < 4.78 is 11.7. The van der Waals surface area contributed by atoms with Gasteiger partial charge in [-0.1, -0.05) is 26.0 Å². The minimum atomic E-state index is 0. The monoisotopic (exact) mass is 434 g/mol. The van der Waals surface area contributed by atoms with Gasteiger partial charge in [-0.15, -0.1) is 36.2 Å². The molecule has 1 aromatic carbocycles. The van der Waals surface area contributed by atoms with Gasteiger partial charge < -0.3 is 19.7 Å². The van der Waals surface area contributed by atoms with E-state index >= 15 is 0 Å². The molecule has 0 radical (unpaired) electrons. The topological polar surface area (TPSA) is 33.7 Å². The Balaban J connectivity index is 0.00000338. The summed E-state index contributed by atoms with van der Waals surface area (Å²) in [5, 5.41) is 5.57. The zero-order valence-electron chi connectivity index (χ0n) is 16.4. The molecule has 1 N–H and O–H groups in total. The van der Waals surface area contributed by atoms with Crippen LogP contribution in [-0.2, 0) is 13.2 Å². The summed E-state index contributed by atoms with van der Waals surface area (Å²) in [7, 11) is 0. The Morgan fingerprint density at radius 2 is 1.78 bits per heavy atom. The zero-order valence-corrected chi connectivity index (χ0v) is 18.9. The highest BCUT2D eigenvalue weighted by Crippen LogP contribution is 2.29. The van der Waals surface area contributed by atoms with E-state index in [4.69, 9.17) is 9.47 Å². The van der Waals surface area contributed by atoms with E-state index in [-0.39, 0.29) is 24.8 Å². The Kier molecular flexibility index (Phi) is 14.5. The van der Waals surface area contributed by atoms with E-state index in [2.05, 4.69) is 47.6 Å². The van der Waals surface area contributed by atoms with Crippen molar-refractivity contribution in [3.8, 4) is 11.5 Å². The highest BCUT2D eigenvalue weighted by atomic mass is 35.5. The zero-order chi connectivity index (χ0) is 17.9. The molecule has 154 valence electrons. The molecule has 0 saturated carbocycles. The SMILES string of the molecule is CCOc1cc(CNCCN(CC)CC)ccc1OCc1cccs1.Cl.Cl. The molecule has 0 aliphatic rings. The number of thiophene rings is 1. The number of benzene rings is 1. The van der Waals surface area contributed by atoms with Crippen LogP contribution in [0.5, 0.6) is 11.5 Å². The molecule has 0 saturated heterocycles. The second-order valence-electron chi connectivity index (χ2n) is 5.79. The summed E-state index contributed by atoms with van der Waals surface area (Å²) in [4.78, 5) is 3.63. The van der Waals surface area contributed by atoms with Crippen molar-refractivity contribution in [3.63, 3.8) is 0 Å². The van der Waals surface area contributed by atoms with Crippen LogP contribution in [0, 0.1) is 0 Å². The van der Waals surface area contributed by atoms with Gasteiger partial charge in [0.15, 0.2) is 11.5 Å². The van der Waals surface area contributed by atoms with Gasteiger partial charge in [-0.25, -0.2) is 0 Å². The third kappa shape index (κ3) is 9.17. The first-order valence-electron chi connectivity index (χ1n) is 9.10. The average molecular weight is 435 g/mol. The fourth-order valence-electron chi connectivity index (χ4n) is 2.60. The van der Waals surface area contributed by atoms with E-state index in [9.17, 15) is 0 Å². The normalized spacial score (nSPS) is 10.2. The van der Waals surface area contributed by atoms with Gasteiger partial charge in [0.1, 0.15) is 6.61 Å². The quantitative estimate of drug-likeness (QED) is 0.476. The molecule has 0 fully saturated rings. The molecule has 0 atom stereocenters. The third-order valence-electron chi connectivity index (χ3n) is 4.09. The summed E-state index contributed by atoms with van der Waals surface area (Å²) in [5.74, 6) is 1.63. The Hall–Kier alpha value is -0.980. The van der Waals surface area contributed by atoms with Crippen LogP contribution in [0.15, 0.2) is 35.7 Å². The van der Waals surface area contributed by atoms with Crippen LogP contribution < -0.4 is 14.8 Å². The van der Waals surface area contributed by atoms with Crippen molar-refractivity contribution in [3.05, 3.63) is 46.2 Å². The Morgan fingerprint density at radius 3 is 2.41 bits per heavy atom. The summed E-state index contributed by atoms with van der Waals surface area (Å²) in [6, 6.07) is 10.3. The van der Waals surface area contributed by atoms with Crippen LogP contribution in [0.2, 0.25) is 0 Å². The predicted molar refractivity (Wildman–Crippen MR) is 120 cm³/mol. The highest BCUT2D eigenvalue weighted by Gasteiger charge is 2.08. The number of halogens is 2. The van der Waals surface area contributed by atoms with Gasteiger partial charge in [-0.05, 0) is 49.2 Å². The van der Waals surface area contributed by atoms with Gasteiger partial charge in [-0.3, -0.25) is 0 Å². The Bertz CT molecular complexity index is 608. The lowest BCUT2D eigenvalue weighted by molar-refractivity contribution is 0.271. The van der Waals surface area contributed by atoms with Crippen molar-refractivity contribution < 1.29 is 9.47 Å². The van der Waals surface area contributed by atoms with Crippen LogP contribution in [0.4, 0.5) is 0 Å². The van der Waals surface area contributed by atoms with Crippen molar-refractivity contribution in [2.24, 2.45) is 0 Å². The molecule has 0 aliphatic carbocycles. The van der Waals surface area contributed by atoms with Crippen LogP contribution in [0.3, 0.4) is 0 Å². The van der Waals surface area contributed by atoms with Crippen molar-refractivity contribution in [1.29, 1.82) is 0 Å². The second kappa shape index (κ2) is 15.0. The van der Waals surface area contributed by atoms with Crippen LogP contribution in [0.25, 0.3) is 0 Å². The maximum atomic E-state index is 5.93. The maximum absolute atomic E-state index is 5.93. The van der Waals surface area contributed by atoms with Gasteiger partial charge in [0.05, 0.1) is 6.61 Å². The van der Waals surface area contributed by atoms with Gasteiger partial charge >= 0.3 is 0 Å². The first kappa shape index (κ1) is 26.0. The van der Waals surface area contributed by atoms with E-state index < -0.39 is 0 Å². The standard InChI is InChI=1S/C20H30N2O2S.2ClH/c1-4-22(5-2)12-11-21-15-17-9-10-19(20(14-17)23-6-3)24-16-18-8-7-13-25-18;;/h7-10,13-14,21H,4-6,11-12,15-16H2,1-3H3;2*1H. The van der Waals surface area contributed by atoms with Gasteiger partial charge in [-0.2, -0.15) is 0 Å². The molecule has 0 aliphatic heterocycles. The largest absolute Gasteiger partial charge is 0.490 e. The highest BCUT2D eigenvalue weighted by molar-refractivity contribution is 7.09. The van der Waals surface area contributed by atoms with Crippen molar-refractivity contribution in [2.75, 3.05) is 32.8 Å². The molecular formula is C20H32Cl2N2O2S. The molecule has 0 unspecified atom stereocenters. The van der Waals surface area contributed by atoms with Crippen molar-refractivity contribution >= 4 is 36.2 Å². The molecule has 2 aromatic rings. The lowest BCUT2D eigenvalue weighted by Gasteiger charge is -2.18. The van der Waals surface area contributed by atoms with Crippen molar-refractivity contribution in [2.45, 2.75) is 33.9 Å². The molecule has 0 spiro atoms. The van der Waals surface area contributed by atoms with Gasteiger partial charge in [0, 0.05) is 24.5 Å². The first-order chi connectivity index (χ1) is 12.3. The van der Waals surface area contributed by atoms with Crippen LogP contribution >= 0.6 is 36.2 Å². The minimum Gasteiger partial charge on any atom is -0.490 e. The van der Waals surface area contributed by atoms with Gasteiger partial charge in [0.25, 0.3) is 0 Å². The Labute approximate surface area is 180 Å². The molecule has 2 rings (SSSR count). The molecule has 1 heterocycles. The number of nitrogens with one attached hydrogen (secondary N) is 1. The van der Waals surface area contributed by atoms with Gasteiger partial charge in [0.2, 0.25) is 0 Å². The lowest BCUT2D eigenvalue weighted by Crippen LogP contribution is -2.31. The maximum Gasteiger partial charge on any atom is 0.161 e. The third-order valence-corrected chi connectivity index (χ3v) is 4.94. The fourth-order valence-corrected chi connectivity index (χ4v) is 3.22. The average Bonchev–Trinajstić information content (AvgIpc) is 3.15. The smallest absolute Gasteiger partial charge is 0.161 e. The molecule has 27 heavy (non-hydrogen) atoms. The van der Waals surface area contributed by atoms with E-state index in [1.165, 1.54) is 10.4 Å². The van der Waals surface area contributed by atoms with Crippen molar-refractivity contribution in [1.82, 2.24) is 10.2 Å². The molecule has 4 nitrogen and oxygen atoms in total. The van der Waals surface area contributed by atoms with E-state index in [1.54, 1.807) is 11.3 Å². The number of nitrogens with zero attached hydrogens (tertiary/aromatic N) is 1. The second-order valence-corrected chi connectivity index (χ2v) is 6.82. The first-order valence-corrected chi connectivity index (χ1v) is 9.98. The predicted octanol–water partition coefficient (Wildman–Crippen LogP) is 5.00. The van der Waals surface area contributed by atoms with E-state index in [1.807, 2.05) is 19.1 Å². The number of ether oxygens (including phenoxy) is 2. The summed E-state index contributed by atoms with van der Waals surface area (Å²) in [5.41, 5.74) is 1.21. The molecule has 1 aromatic heterocycles. The lowest BCUT2D eigenvalue weighted by atomic mass is 10.2. The molecule has 7 heteroatoms. The number of rotatable bonds is 12. The molecular weight excluding hydrogens is 403 g/mol.